The average Bonchev–Trinajstić information content (AvgIpc) is 2.72. The number of hydrogen-bond acceptors (Lipinski definition) is 3. The Labute approximate surface area is 97.0 Å². The van der Waals surface area contributed by atoms with Crippen LogP contribution in [0.3, 0.4) is 0 Å². The monoisotopic (exact) mass is 233 g/mol. The third-order valence-corrected chi connectivity index (χ3v) is 3.07. The highest BCUT2D eigenvalue weighted by atomic mass is 35.5. The lowest BCUT2D eigenvalue weighted by molar-refractivity contribution is -0.125. The molecule has 3 N–H and O–H groups in total. The highest BCUT2D eigenvalue weighted by Crippen LogP contribution is 2.09. The Morgan fingerprint density at radius 1 is 1.13 bits per heavy atom. The molecular weight excluding hydrogens is 214 g/mol. The molecule has 0 aromatic heterocycles. The van der Waals surface area contributed by atoms with E-state index in [1.807, 2.05) is 0 Å². The maximum absolute atomic E-state index is 11.7. The predicted molar refractivity (Wildman–Crippen MR) is 62.3 cm³/mol. The second-order valence-electron chi connectivity index (χ2n) is 4.24. The van der Waals surface area contributed by atoms with Crippen molar-refractivity contribution >= 4 is 18.3 Å². The molecule has 4 nitrogen and oxygen atoms in total. The Kier molecular flexibility index (Phi) is 5.36. The first-order valence-corrected chi connectivity index (χ1v) is 5.58. The van der Waals surface area contributed by atoms with Crippen molar-refractivity contribution in [3.63, 3.8) is 0 Å². The molecule has 0 saturated carbocycles. The van der Waals surface area contributed by atoms with E-state index in [1.165, 1.54) is 6.42 Å². The molecule has 2 rings (SSSR count). The van der Waals surface area contributed by atoms with E-state index in [9.17, 15) is 4.79 Å². The normalized spacial score (nSPS) is 30.7. The standard InChI is InChI=1S/C10H19N3O.ClH/c14-10(8-3-5-12-6-8)13-9-2-1-4-11-7-9;/h8-9,11-12H,1-7H2,(H,13,14);1H/t8-,9?;/m1./s1. The van der Waals surface area contributed by atoms with Gasteiger partial charge in [-0.2, -0.15) is 0 Å². The summed E-state index contributed by atoms with van der Waals surface area (Å²) in [6, 6.07) is 0.358. The van der Waals surface area contributed by atoms with Gasteiger partial charge in [0.2, 0.25) is 5.91 Å². The van der Waals surface area contributed by atoms with Crippen molar-refractivity contribution in [1.82, 2.24) is 16.0 Å². The van der Waals surface area contributed by atoms with Gasteiger partial charge in [0, 0.05) is 19.1 Å². The van der Waals surface area contributed by atoms with E-state index in [-0.39, 0.29) is 24.2 Å². The molecule has 0 aliphatic carbocycles. The number of piperidine rings is 1. The van der Waals surface area contributed by atoms with Gasteiger partial charge in [0.25, 0.3) is 0 Å². The molecule has 0 radical (unpaired) electrons. The highest BCUT2D eigenvalue weighted by molar-refractivity contribution is 5.85. The van der Waals surface area contributed by atoms with Crippen LogP contribution in [0.15, 0.2) is 0 Å². The van der Waals surface area contributed by atoms with Gasteiger partial charge in [-0.3, -0.25) is 4.79 Å². The number of amides is 1. The molecule has 1 amide bonds. The molecular formula is C10H20ClN3O. The van der Waals surface area contributed by atoms with Crippen LogP contribution in [0.5, 0.6) is 0 Å². The first kappa shape index (κ1) is 12.7. The van der Waals surface area contributed by atoms with Crippen molar-refractivity contribution in [2.24, 2.45) is 5.92 Å². The first-order chi connectivity index (χ1) is 6.86. The van der Waals surface area contributed by atoms with Crippen molar-refractivity contribution in [2.45, 2.75) is 25.3 Å². The molecule has 2 atom stereocenters. The largest absolute Gasteiger partial charge is 0.352 e. The quantitative estimate of drug-likeness (QED) is 0.624. The molecule has 2 saturated heterocycles. The Bertz CT molecular complexity index is 201. The highest BCUT2D eigenvalue weighted by Gasteiger charge is 2.24. The summed E-state index contributed by atoms with van der Waals surface area (Å²) in [6.45, 7) is 3.87. The van der Waals surface area contributed by atoms with E-state index in [4.69, 9.17) is 0 Å². The zero-order valence-electron chi connectivity index (χ0n) is 8.92. The van der Waals surface area contributed by atoms with Gasteiger partial charge in [-0.05, 0) is 32.4 Å². The molecule has 2 aliphatic heterocycles. The second-order valence-corrected chi connectivity index (χ2v) is 4.24. The number of halogens is 1. The van der Waals surface area contributed by atoms with E-state index >= 15 is 0 Å². The van der Waals surface area contributed by atoms with Crippen LogP contribution in [0.2, 0.25) is 0 Å². The minimum Gasteiger partial charge on any atom is -0.352 e. The Morgan fingerprint density at radius 2 is 1.93 bits per heavy atom. The van der Waals surface area contributed by atoms with E-state index in [0.29, 0.717) is 6.04 Å². The Morgan fingerprint density at radius 3 is 2.53 bits per heavy atom. The molecule has 2 heterocycles. The smallest absolute Gasteiger partial charge is 0.224 e. The van der Waals surface area contributed by atoms with E-state index in [2.05, 4.69) is 16.0 Å². The topological polar surface area (TPSA) is 53.2 Å². The van der Waals surface area contributed by atoms with E-state index in [0.717, 1.165) is 39.0 Å². The average molecular weight is 234 g/mol. The maximum Gasteiger partial charge on any atom is 0.224 e. The fourth-order valence-electron chi connectivity index (χ4n) is 2.17. The molecule has 0 aromatic rings. The third-order valence-electron chi connectivity index (χ3n) is 3.07. The molecule has 0 spiro atoms. The number of rotatable bonds is 2. The molecule has 15 heavy (non-hydrogen) atoms. The van der Waals surface area contributed by atoms with E-state index in [1.54, 1.807) is 0 Å². The molecule has 2 aliphatic rings. The molecule has 5 heteroatoms. The maximum atomic E-state index is 11.7. The van der Waals surface area contributed by atoms with Gasteiger partial charge >= 0.3 is 0 Å². The summed E-state index contributed by atoms with van der Waals surface area (Å²) in [5, 5.41) is 9.63. The van der Waals surface area contributed by atoms with Gasteiger partial charge in [-0.25, -0.2) is 0 Å². The molecule has 2 fully saturated rings. The second kappa shape index (κ2) is 6.30. The third kappa shape index (κ3) is 3.63. The summed E-state index contributed by atoms with van der Waals surface area (Å²) in [5.74, 6) is 0.445. The number of carbonyl (C=O) groups excluding carboxylic acids is 1. The van der Waals surface area contributed by atoms with Crippen molar-refractivity contribution in [3.05, 3.63) is 0 Å². The van der Waals surface area contributed by atoms with Gasteiger partial charge in [-0.15, -0.1) is 12.4 Å². The molecule has 88 valence electrons. The van der Waals surface area contributed by atoms with Crippen LogP contribution >= 0.6 is 12.4 Å². The molecule has 1 unspecified atom stereocenters. The summed E-state index contributed by atoms with van der Waals surface area (Å²) in [7, 11) is 0. The van der Waals surface area contributed by atoms with Gasteiger partial charge in [0.15, 0.2) is 0 Å². The zero-order chi connectivity index (χ0) is 9.80. The van der Waals surface area contributed by atoms with Crippen LogP contribution in [0.4, 0.5) is 0 Å². The molecule has 0 aromatic carbocycles. The van der Waals surface area contributed by atoms with Crippen molar-refractivity contribution < 1.29 is 4.79 Å². The number of nitrogens with one attached hydrogen (secondary N) is 3. The van der Waals surface area contributed by atoms with Gasteiger partial charge in [0.05, 0.1) is 5.92 Å². The van der Waals surface area contributed by atoms with Crippen molar-refractivity contribution in [2.75, 3.05) is 26.2 Å². The SMILES string of the molecule is Cl.O=C(NC1CCCNC1)[C@@H]1CCNC1. The first-order valence-electron chi connectivity index (χ1n) is 5.58. The number of hydrogen-bond donors (Lipinski definition) is 3. The molecule has 0 bridgehead atoms. The van der Waals surface area contributed by atoms with Gasteiger partial charge in [0.1, 0.15) is 0 Å². The Balaban J connectivity index is 0.00000112. The van der Waals surface area contributed by atoms with Gasteiger partial charge < -0.3 is 16.0 Å². The minimum absolute atomic E-state index is 0. The van der Waals surface area contributed by atoms with Crippen LogP contribution in [-0.4, -0.2) is 38.1 Å². The lowest BCUT2D eigenvalue weighted by Gasteiger charge is -2.25. The summed E-state index contributed by atoms with van der Waals surface area (Å²) >= 11 is 0. The summed E-state index contributed by atoms with van der Waals surface area (Å²) in [6.07, 6.45) is 3.29. The lowest BCUT2D eigenvalue weighted by Crippen LogP contribution is -2.47. The fraction of sp³-hybridized carbons (Fsp3) is 0.900. The summed E-state index contributed by atoms with van der Waals surface area (Å²) < 4.78 is 0. The lowest BCUT2D eigenvalue weighted by atomic mass is 10.0. The Hall–Kier alpha value is -0.320. The van der Waals surface area contributed by atoms with Crippen molar-refractivity contribution in [1.29, 1.82) is 0 Å². The summed E-state index contributed by atoms with van der Waals surface area (Å²) in [4.78, 5) is 11.7. The van der Waals surface area contributed by atoms with Crippen LogP contribution < -0.4 is 16.0 Å². The zero-order valence-corrected chi connectivity index (χ0v) is 9.74. The minimum atomic E-state index is 0. The van der Waals surface area contributed by atoms with Crippen LogP contribution in [0, 0.1) is 5.92 Å². The van der Waals surface area contributed by atoms with Crippen molar-refractivity contribution in [3.8, 4) is 0 Å². The fourth-order valence-corrected chi connectivity index (χ4v) is 2.17. The number of carbonyl (C=O) groups is 1. The van der Waals surface area contributed by atoms with Gasteiger partial charge in [-0.1, -0.05) is 0 Å². The van der Waals surface area contributed by atoms with Crippen LogP contribution in [0.1, 0.15) is 19.3 Å². The predicted octanol–water partition coefficient (Wildman–Crippen LogP) is -0.114. The van der Waals surface area contributed by atoms with Crippen LogP contribution in [-0.2, 0) is 4.79 Å². The van der Waals surface area contributed by atoms with E-state index < -0.39 is 0 Å². The van der Waals surface area contributed by atoms with Crippen LogP contribution in [0.25, 0.3) is 0 Å². The summed E-state index contributed by atoms with van der Waals surface area (Å²) in [5.41, 5.74) is 0.